The standard InChI is InChI=1S/C8H9BrS/c1-2-7-3-5-8(10-9)6-4-7/h3-6H,2H2,1H3. The van der Waals surface area contributed by atoms with Gasteiger partial charge in [0.25, 0.3) is 0 Å². The largest absolute Gasteiger partial charge is 0.0613 e. The van der Waals surface area contributed by atoms with Crippen molar-refractivity contribution >= 4 is 25.0 Å². The highest BCUT2D eigenvalue weighted by atomic mass is 79.9. The van der Waals surface area contributed by atoms with E-state index in [0.29, 0.717) is 0 Å². The molecule has 10 heavy (non-hydrogen) atoms. The van der Waals surface area contributed by atoms with Crippen molar-refractivity contribution in [3.8, 4) is 0 Å². The van der Waals surface area contributed by atoms with Crippen LogP contribution in [0.4, 0.5) is 0 Å². The maximum absolute atomic E-state index is 3.32. The van der Waals surface area contributed by atoms with E-state index in [9.17, 15) is 0 Å². The topological polar surface area (TPSA) is 0 Å². The average molecular weight is 217 g/mol. The number of halogens is 1. The highest BCUT2D eigenvalue weighted by Gasteiger charge is 1.89. The van der Waals surface area contributed by atoms with E-state index in [4.69, 9.17) is 0 Å². The summed E-state index contributed by atoms with van der Waals surface area (Å²) in [5.74, 6) is 0. The van der Waals surface area contributed by atoms with Crippen LogP contribution >= 0.6 is 25.0 Å². The Bertz CT molecular complexity index is 170. The van der Waals surface area contributed by atoms with Crippen molar-refractivity contribution < 1.29 is 0 Å². The normalized spacial score (nSPS) is 9.80. The van der Waals surface area contributed by atoms with Crippen LogP contribution in [0.5, 0.6) is 0 Å². The van der Waals surface area contributed by atoms with Gasteiger partial charge < -0.3 is 0 Å². The second-order valence-electron chi connectivity index (χ2n) is 2.07. The molecule has 0 fully saturated rings. The molecule has 0 saturated carbocycles. The van der Waals surface area contributed by atoms with Gasteiger partial charge in [-0.25, -0.2) is 0 Å². The summed E-state index contributed by atoms with van der Waals surface area (Å²) in [5.41, 5.74) is 1.39. The van der Waals surface area contributed by atoms with Crippen LogP contribution in [0.3, 0.4) is 0 Å². The van der Waals surface area contributed by atoms with Crippen molar-refractivity contribution in [3.63, 3.8) is 0 Å². The predicted octanol–water partition coefficient (Wildman–Crippen LogP) is 3.65. The Morgan fingerprint density at radius 2 is 1.90 bits per heavy atom. The third-order valence-corrected chi connectivity index (χ3v) is 2.99. The van der Waals surface area contributed by atoms with Crippen LogP contribution in [0, 0.1) is 0 Å². The fourth-order valence-electron chi connectivity index (χ4n) is 0.777. The molecule has 0 atom stereocenters. The first-order valence-corrected chi connectivity index (χ1v) is 5.90. The molecule has 0 bridgehead atoms. The molecule has 0 aliphatic heterocycles. The van der Waals surface area contributed by atoms with Crippen molar-refractivity contribution in [1.82, 2.24) is 0 Å². The molecule has 1 rings (SSSR count). The van der Waals surface area contributed by atoms with E-state index < -0.39 is 0 Å². The number of hydrogen-bond donors (Lipinski definition) is 0. The summed E-state index contributed by atoms with van der Waals surface area (Å²) in [6.07, 6.45) is 1.12. The Morgan fingerprint density at radius 3 is 2.30 bits per heavy atom. The van der Waals surface area contributed by atoms with Gasteiger partial charge in [-0.15, -0.1) is 0 Å². The van der Waals surface area contributed by atoms with Gasteiger partial charge in [-0.1, -0.05) is 19.1 Å². The lowest BCUT2D eigenvalue weighted by Crippen LogP contribution is -1.76. The van der Waals surface area contributed by atoms with Crippen molar-refractivity contribution in [3.05, 3.63) is 29.8 Å². The third kappa shape index (κ3) is 2.03. The zero-order valence-electron chi connectivity index (χ0n) is 5.80. The van der Waals surface area contributed by atoms with Crippen LogP contribution in [0.15, 0.2) is 29.2 Å². The Hall–Kier alpha value is 0.0500. The molecule has 1 aromatic carbocycles. The summed E-state index contributed by atoms with van der Waals surface area (Å²) in [7, 11) is 1.60. The predicted molar refractivity (Wildman–Crippen MR) is 50.6 cm³/mol. The van der Waals surface area contributed by atoms with Gasteiger partial charge in [0, 0.05) is 4.90 Å². The molecule has 0 saturated heterocycles. The van der Waals surface area contributed by atoms with E-state index in [-0.39, 0.29) is 0 Å². The number of rotatable bonds is 2. The van der Waals surface area contributed by atoms with Gasteiger partial charge in [0.2, 0.25) is 0 Å². The molecule has 0 aliphatic carbocycles. The van der Waals surface area contributed by atoms with E-state index in [0.717, 1.165) is 6.42 Å². The van der Waals surface area contributed by atoms with E-state index in [1.807, 2.05) is 0 Å². The minimum atomic E-state index is 1.12. The summed E-state index contributed by atoms with van der Waals surface area (Å²) in [6, 6.07) is 8.56. The Morgan fingerprint density at radius 1 is 1.30 bits per heavy atom. The van der Waals surface area contributed by atoms with Gasteiger partial charge >= 0.3 is 0 Å². The molecule has 2 heteroatoms. The fourth-order valence-corrected chi connectivity index (χ4v) is 1.66. The summed E-state index contributed by atoms with van der Waals surface area (Å²) >= 11 is 3.32. The lowest BCUT2D eigenvalue weighted by Gasteiger charge is -1.96. The fraction of sp³-hybridized carbons (Fsp3) is 0.250. The van der Waals surface area contributed by atoms with Gasteiger partial charge in [0.15, 0.2) is 0 Å². The maximum atomic E-state index is 3.32. The van der Waals surface area contributed by atoms with Gasteiger partial charge in [-0.2, -0.15) is 0 Å². The van der Waals surface area contributed by atoms with E-state index in [1.54, 1.807) is 10.2 Å². The summed E-state index contributed by atoms with van der Waals surface area (Å²) in [6.45, 7) is 2.16. The Kier molecular flexibility index (Phi) is 3.29. The molecule has 0 unspecified atom stereocenters. The molecule has 0 N–H and O–H groups in total. The van der Waals surface area contributed by atoms with Crippen LogP contribution in [0.25, 0.3) is 0 Å². The van der Waals surface area contributed by atoms with Gasteiger partial charge in [0.05, 0.1) is 0 Å². The van der Waals surface area contributed by atoms with Gasteiger partial charge in [-0.3, -0.25) is 0 Å². The number of aryl methyl sites for hydroxylation is 1. The summed E-state index contributed by atoms with van der Waals surface area (Å²) in [4.78, 5) is 1.26. The molecular weight excluding hydrogens is 208 g/mol. The van der Waals surface area contributed by atoms with Crippen LogP contribution in [-0.4, -0.2) is 0 Å². The van der Waals surface area contributed by atoms with Crippen molar-refractivity contribution in [2.75, 3.05) is 0 Å². The lowest BCUT2D eigenvalue weighted by molar-refractivity contribution is 1.13. The Labute approximate surface area is 73.2 Å². The molecule has 0 heterocycles. The molecular formula is C8H9BrS. The van der Waals surface area contributed by atoms with E-state index in [2.05, 4.69) is 46.0 Å². The molecule has 0 nitrogen and oxygen atoms in total. The highest BCUT2D eigenvalue weighted by Crippen LogP contribution is 2.23. The van der Waals surface area contributed by atoms with Crippen LogP contribution in [-0.2, 0) is 6.42 Å². The molecule has 0 aliphatic rings. The highest BCUT2D eigenvalue weighted by molar-refractivity contribution is 9.50. The summed E-state index contributed by atoms with van der Waals surface area (Å²) in [5, 5.41) is 0. The zero-order valence-corrected chi connectivity index (χ0v) is 8.21. The maximum Gasteiger partial charge on any atom is 0.0188 e. The zero-order chi connectivity index (χ0) is 7.40. The molecule has 0 radical (unpaired) electrons. The number of benzene rings is 1. The molecule has 0 amide bonds. The van der Waals surface area contributed by atoms with Crippen LogP contribution in [0.2, 0.25) is 0 Å². The average Bonchev–Trinajstić information content (AvgIpc) is 2.05. The van der Waals surface area contributed by atoms with Crippen molar-refractivity contribution in [2.24, 2.45) is 0 Å². The molecule has 1 aromatic rings. The van der Waals surface area contributed by atoms with Crippen molar-refractivity contribution in [2.45, 2.75) is 18.2 Å². The first-order valence-electron chi connectivity index (χ1n) is 3.24. The smallest absolute Gasteiger partial charge is 0.0188 e. The quantitative estimate of drug-likeness (QED) is 0.728. The van der Waals surface area contributed by atoms with Crippen molar-refractivity contribution in [1.29, 1.82) is 0 Å². The Balaban J connectivity index is 2.80. The minimum Gasteiger partial charge on any atom is -0.0613 e. The monoisotopic (exact) mass is 216 g/mol. The molecule has 0 spiro atoms. The van der Waals surface area contributed by atoms with Crippen LogP contribution in [0.1, 0.15) is 12.5 Å². The van der Waals surface area contributed by atoms with E-state index in [1.165, 1.54) is 10.5 Å². The first kappa shape index (κ1) is 8.15. The SMILES string of the molecule is CCc1ccc(SBr)cc1. The summed E-state index contributed by atoms with van der Waals surface area (Å²) < 4.78 is 0. The van der Waals surface area contributed by atoms with Crippen LogP contribution < -0.4 is 0 Å². The third-order valence-electron chi connectivity index (χ3n) is 1.42. The second-order valence-corrected chi connectivity index (χ2v) is 3.67. The van der Waals surface area contributed by atoms with Gasteiger partial charge in [-0.05, 0) is 49.1 Å². The lowest BCUT2D eigenvalue weighted by atomic mass is 10.2. The second kappa shape index (κ2) is 4.04. The first-order chi connectivity index (χ1) is 4.86. The minimum absolute atomic E-state index is 1.12. The van der Waals surface area contributed by atoms with Gasteiger partial charge in [0.1, 0.15) is 0 Å². The van der Waals surface area contributed by atoms with E-state index >= 15 is 0 Å². The number of hydrogen-bond acceptors (Lipinski definition) is 1. The molecule has 0 aromatic heterocycles. The molecule has 54 valence electrons.